The number of anilines is 3. The summed E-state index contributed by atoms with van der Waals surface area (Å²) in [6.07, 6.45) is 2.79. The maximum absolute atomic E-state index is 12.2. The van der Waals surface area contributed by atoms with Crippen molar-refractivity contribution in [1.29, 1.82) is 0 Å². The molecule has 6 N–H and O–H groups in total. The Morgan fingerprint density at radius 2 is 1.30 bits per heavy atom. The predicted octanol–water partition coefficient (Wildman–Crippen LogP) is 2.47. The molecule has 2 rings (SSSR count). The molecule has 1 atom stereocenters. The number of aliphatic hydroxyl groups is 1. The Morgan fingerprint density at radius 1 is 0.767 bits per heavy atom. The first-order chi connectivity index (χ1) is 14.5. The molecule has 3 amide bonds. The summed E-state index contributed by atoms with van der Waals surface area (Å²) in [6.45, 7) is -0.469. The number of nitrogens with two attached hydrogens (primary N) is 1. The van der Waals surface area contributed by atoms with Gasteiger partial charge in [-0.15, -0.1) is 0 Å². The van der Waals surface area contributed by atoms with E-state index in [1.54, 1.807) is 24.3 Å². The van der Waals surface area contributed by atoms with Crippen LogP contribution in [0.25, 0.3) is 0 Å². The number of nitrogens with one attached hydrogen (secondary N) is 3. The number of rotatable bonds is 11. The SMILES string of the molecule is N[C@@H](CO)C(=O)Nc1ccccc1NC(=O)CCCCCC(=O)Nc1ccccc1. The minimum Gasteiger partial charge on any atom is -0.394 e. The Morgan fingerprint density at radius 3 is 1.90 bits per heavy atom. The third kappa shape index (κ3) is 8.02. The molecule has 0 heterocycles. The van der Waals surface area contributed by atoms with Crippen LogP contribution in [0, 0.1) is 0 Å². The van der Waals surface area contributed by atoms with Crippen LogP contribution in [-0.2, 0) is 14.4 Å². The average Bonchev–Trinajstić information content (AvgIpc) is 2.75. The Balaban J connectivity index is 1.70. The molecule has 0 radical (unpaired) electrons. The maximum atomic E-state index is 12.2. The normalized spacial score (nSPS) is 11.4. The lowest BCUT2D eigenvalue weighted by Crippen LogP contribution is -2.38. The summed E-state index contributed by atoms with van der Waals surface area (Å²) in [5.74, 6) is -0.763. The molecular formula is C22H28N4O4. The quantitative estimate of drug-likeness (QED) is 0.362. The molecule has 0 bridgehead atoms. The van der Waals surface area contributed by atoms with E-state index in [1.165, 1.54) is 0 Å². The molecule has 0 aromatic heterocycles. The first kappa shape index (κ1) is 23.1. The molecular weight excluding hydrogens is 384 g/mol. The van der Waals surface area contributed by atoms with Gasteiger partial charge in [0, 0.05) is 18.5 Å². The third-order valence-electron chi connectivity index (χ3n) is 4.36. The molecule has 0 saturated carbocycles. The van der Waals surface area contributed by atoms with Crippen molar-refractivity contribution in [2.45, 2.75) is 38.1 Å². The Kier molecular flexibility index (Phi) is 9.50. The molecule has 8 heteroatoms. The average molecular weight is 412 g/mol. The van der Waals surface area contributed by atoms with Crippen molar-refractivity contribution in [2.24, 2.45) is 5.73 Å². The van der Waals surface area contributed by atoms with Crippen molar-refractivity contribution < 1.29 is 19.5 Å². The van der Waals surface area contributed by atoms with Crippen LogP contribution in [0.5, 0.6) is 0 Å². The molecule has 30 heavy (non-hydrogen) atoms. The van der Waals surface area contributed by atoms with Gasteiger partial charge in [0.05, 0.1) is 18.0 Å². The van der Waals surface area contributed by atoms with E-state index in [9.17, 15) is 14.4 Å². The maximum Gasteiger partial charge on any atom is 0.243 e. The number of carbonyl (C=O) groups excluding carboxylic acids is 3. The van der Waals surface area contributed by atoms with Crippen molar-refractivity contribution in [3.8, 4) is 0 Å². The minimum atomic E-state index is -1.03. The van der Waals surface area contributed by atoms with E-state index in [0.29, 0.717) is 37.1 Å². The van der Waals surface area contributed by atoms with Gasteiger partial charge in [0.1, 0.15) is 6.04 Å². The van der Waals surface area contributed by atoms with Crippen LogP contribution in [0.3, 0.4) is 0 Å². The lowest BCUT2D eigenvalue weighted by molar-refractivity contribution is -0.118. The van der Waals surface area contributed by atoms with Gasteiger partial charge in [0.25, 0.3) is 0 Å². The summed E-state index contributed by atoms with van der Waals surface area (Å²) < 4.78 is 0. The summed E-state index contributed by atoms with van der Waals surface area (Å²) in [6, 6.07) is 15.0. The molecule has 2 aromatic rings. The largest absolute Gasteiger partial charge is 0.394 e. The van der Waals surface area contributed by atoms with Crippen LogP contribution in [0.1, 0.15) is 32.1 Å². The van der Waals surface area contributed by atoms with Crippen LogP contribution in [0.15, 0.2) is 54.6 Å². The van der Waals surface area contributed by atoms with Gasteiger partial charge in [0.2, 0.25) is 17.7 Å². The van der Waals surface area contributed by atoms with Gasteiger partial charge in [-0.25, -0.2) is 0 Å². The fourth-order valence-electron chi connectivity index (χ4n) is 2.72. The zero-order chi connectivity index (χ0) is 21.8. The highest BCUT2D eigenvalue weighted by Crippen LogP contribution is 2.21. The molecule has 160 valence electrons. The lowest BCUT2D eigenvalue weighted by atomic mass is 10.1. The zero-order valence-electron chi connectivity index (χ0n) is 16.8. The zero-order valence-corrected chi connectivity index (χ0v) is 16.8. The highest BCUT2D eigenvalue weighted by molar-refractivity contribution is 6.01. The van der Waals surface area contributed by atoms with Crippen LogP contribution in [-0.4, -0.2) is 35.5 Å². The number of amides is 3. The molecule has 0 spiro atoms. The smallest absolute Gasteiger partial charge is 0.243 e. The van der Waals surface area contributed by atoms with Gasteiger partial charge in [0.15, 0.2) is 0 Å². The molecule has 0 unspecified atom stereocenters. The van der Waals surface area contributed by atoms with Crippen molar-refractivity contribution in [1.82, 2.24) is 0 Å². The molecule has 0 fully saturated rings. The second kappa shape index (κ2) is 12.4. The van der Waals surface area contributed by atoms with E-state index < -0.39 is 18.6 Å². The Bertz CT molecular complexity index is 842. The minimum absolute atomic E-state index is 0.0450. The van der Waals surface area contributed by atoms with Gasteiger partial charge in [-0.2, -0.15) is 0 Å². The number of hydrogen-bond acceptors (Lipinski definition) is 5. The van der Waals surface area contributed by atoms with E-state index in [4.69, 9.17) is 10.8 Å². The highest BCUT2D eigenvalue weighted by atomic mass is 16.3. The van der Waals surface area contributed by atoms with Crippen molar-refractivity contribution in [3.63, 3.8) is 0 Å². The topological polar surface area (TPSA) is 134 Å². The molecule has 8 nitrogen and oxygen atoms in total. The van der Waals surface area contributed by atoms with Gasteiger partial charge in [-0.3, -0.25) is 14.4 Å². The third-order valence-corrected chi connectivity index (χ3v) is 4.36. The lowest BCUT2D eigenvalue weighted by Gasteiger charge is -2.14. The van der Waals surface area contributed by atoms with E-state index in [2.05, 4.69) is 16.0 Å². The molecule has 0 aliphatic rings. The Hall–Kier alpha value is -3.23. The molecule has 0 aliphatic carbocycles. The van der Waals surface area contributed by atoms with Crippen molar-refractivity contribution in [3.05, 3.63) is 54.6 Å². The standard InChI is InChI=1S/C22H28N4O4/c23-17(15-27)22(30)26-19-12-8-7-11-18(19)25-21(29)14-6-2-5-13-20(28)24-16-9-3-1-4-10-16/h1,3-4,7-12,17,27H,2,5-6,13-15,23H2,(H,24,28)(H,25,29)(H,26,30)/t17-/m0/s1. The Labute approximate surface area is 175 Å². The number of unbranched alkanes of at least 4 members (excludes halogenated alkanes) is 2. The van der Waals surface area contributed by atoms with E-state index in [0.717, 1.165) is 12.1 Å². The van der Waals surface area contributed by atoms with Crippen LogP contribution in [0.2, 0.25) is 0 Å². The number of aliphatic hydroxyl groups excluding tert-OH is 1. The summed E-state index contributed by atoms with van der Waals surface area (Å²) in [4.78, 5) is 36.0. The highest BCUT2D eigenvalue weighted by Gasteiger charge is 2.14. The summed E-state index contributed by atoms with van der Waals surface area (Å²) in [7, 11) is 0. The molecule has 2 aromatic carbocycles. The monoisotopic (exact) mass is 412 g/mol. The second-order valence-corrected chi connectivity index (χ2v) is 6.85. The summed E-state index contributed by atoms with van der Waals surface area (Å²) in [5, 5.41) is 17.2. The van der Waals surface area contributed by atoms with E-state index in [-0.39, 0.29) is 11.8 Å². The summed E-state index contributed by atoms with van der Waals surface area (Å²) >= 11 is 0. The van der Waals surface area contributed by atoms with Crippen molar-refractivity contribution >= 4 is 34.8 Å². The molecule has 0 saturated heterocycles. The van der Waals surface area contributed by atoms with Crippen LogP contribution < -0.4 is 21.7 Å². The van der Waals surface area contributed by atoms with Crippen LogP contribution >= 0.6 is 0 Å². The van der Waals surface area contributed by atoms with E-state index in [1.807, 2.05) is 30.3 Å². The first-order valence-electron chi connectivity index (χ1n) is 9.90. The van der Waals surface area contributed by atoms with Crippen molar-refractivity contribution in [2.75, 3.05) is 22.6 Å². The van der Waals surface area contributed by atoms with Gasteiger partial charge in [-0.1, -0.05) is 36.8 Å². The summed E-state index contributed by atoms with van der Waals surface area (Å²) in [5.41, 5.74) is 7.14. The fourth-order valence-corrected chi connectivity index (χ4v) is 2.72. The molecule has 0 aliphatic heterocycles. The van der Waals surface area contributed by atoms with Crippen LogP contribution in [0.4, 0.5) is 17.1 Å². The fraction of sp³-hybridized carbons (Fsp3) is 0.318. The number of hydrogen-bond donors (Lipinski definition) is 5. The van der Waals surface area contributed by atoms with Gasteiger partial charge >= 0.3 is 0 Å². The predicted molar refractivity (Wildman–Crippen MR) is 117 cm³/mol. The number of para-hydroxylation sites is 3. The van der Waals surface area contributed by atoms with E-state index >= 15 is 0 Å². The van der Waals surface area contributed by atoms with Gasteiger partial charge < -0.3 is 26.8 Å². The van der Waals surface area contributed by atoms with Gasteiger partial charge in [-0.05, 0) is 37.1 Å². The first-order valence-corrected chi connectivity index (χ1v) is 9.90. The number of carbonyl (C=O) groups is 3. The second-order valence-electron chi connectivity index (χ2n) is 6.85. The number of benzene rings is 2.